The Kier molecular flexibility index (Phi) is 3.03. The van der Waals surface area contributed by atoms with E-state index in [-0.39, 0.29) is 17.2 Å². The molecule has 0 aromatic carbocycles. The fourth-order valence-corrected chi connectivity index (χ4v) is 1.18. The molecule has 5 nitrogen and oxygen atoms in total. The molecule has 1 rings (SSSR count). The highest BCUT2D eigenvalue weighted by molar-refractivity contribution is 5.71. The molecule has 1 aromatic heterocycles. The summed E-state index contributed by atoms with van der Waals surface area (Å²) in [6, 6.07) is 1.08. The molecule has 0 amide bonds. The summed E-state index contributed by atoms with van der Waals surface area (Å²) in [7, 11) is 0. The molecular formula is C8H9F2N3O2. The molecule has 7 heteroatoms. The zero-order valence-corrected chi connectivity index (χ0v) is 7.58. The number of carboxylic acid groups (broad SMARTS) is 1. The largest absolute Gasteiger partial charge is 0.481 e. The standard InChI is InChI=1S/C8H9F2N3O2/c9-8(10)7-3(11)1-5(12)13-4(7)2-6(14)15/h1,8H,2H2,(H,14,15)(H4,11,12,13). The first-order valence-corrected chi connectivity index (χ1v) is 3.96. The molecule has 0 radical (unpaired) electrons. The zero-order chi connectivity index (χ0) is 11.6. The Balaban J connectivity index is 3.26. The molecule has 0 aliphatic rings. The number of hydrogen-bond donors (Lipinski definition) is 3. The average molecular weight is 217 g/mol. The first-order valence-electron chi connectivity index (χ1n) is 3.96. The van der Waals surface area contributed by atoms with E-state index in [9.17, 15) is 13.6 Å². The number of nitrogens with two attached hydrogens (primary N) is 2. The van der Waals surface area contributed by atoms with Gasteiger partial charge in [-0.1, -0.05) is 0 Å². The molecule has 0 saturated heterocycles. The second kappa shape index (κ2) is 4.07. The molecule has 5 N–H and O–H groups in total. The van der Waals surface area contributed by atoms with E-state index in [0.29, 0.717) is 0 Å². The molecule has 0 aliphatic heterocycles. The van der Waals surface area contributed by atoms with Crippen LogP contribution in [0, 0.1) is 0 Å². The van der Waals surface area contributed by atoms with E-state index in [1.807, 2.05) is 0 Å². The summed E-state index contributed by atoms with van der Waals surface area (Å²) in [5.74, 6) is -1.34. The molecule has 0 aliphatic carbocycles. The quantitative estimate of drug-likeness (QED) is 0.695. The molecule has 0 atom stereocenters. The second-order valence-corrected chi connectivity index (χ2v) is 2.87. The fourth-order valence-electron chi connectivity index (χ4n) is 1.18. The first kappa shape index (κ1) is 11.2. The van der Waals surface area contributed by atoms with Crippen molar-refractivity contribution in [3.63, 3.8) is 0 Å². The van der Waals surface area contributed by atoms with Gasteiger partial charge in [-0.3, -0.25) is 4.79 Å². The topological polar surface area (TPSA) is 102 Å². The number of hydrogen-bond acceptors (Lipinski definition) is 4. The van der Waals surface area contributed by atoms with Crippen LogP contribution in [0.1, 0.15) is 17.7 Å². The van der Waals surface area contributed by atoms with Gasteiger partial charge in [0.15, 0.2) is 0 Å². The maximum Gasteiger partial charge on any atom is 0.309 e. The third kappa shape index (κ3) is 2.52. The number of carboxylic acids is 1. The average Bonchev–Trinajstić information content (AvgIpc) is 1.99. The molecular weight excluding hydrogens is 208 g/mol. The van der Waals surface area contributed by atoms with Crippen molar-refractivity contribution in [2.75, 3.05) is 11.5 Å². The van der Waals surface area contributed by atoms with Crippen LogP contribution in [-0.4, -0.2) is 16.1 Å². The minimum absolute atomic E-state index is 0.0758. The summed E-state index contributed by atoms with van der Waals surface area (Å²) in [5.41, 5.74) is 9.48. The van der Waals surface area contributed by atoms with Gasteiger partial charge in [0, 0.05) is 11.8 Å². The first-order chi connectivity index (χ1) is 6.91. The predicted octanol–water partition coefficient (Wildman–Crippen LogP) is 0.811. The molecule has 0 saturated carbocycles. The molecule has 0 spiro atoms. The highest BCUT2D eigenvalue weighted by Crippen LogP contribution is 2.29. The van der Waals surface area contributed by atoms with Gasteiger partial charge in [0.25, 0.3) is 6.43 Å². The molecule has 0 bridgehead atoms. The molecule has 15 heavy (non-hydrogen) atoms. The van der Waals surface area contributed by atoms with Gasteiger partial charge in [-0.2, -0.15) is 0 Å². The van der Waals surface area contributed by atoms with Crippen molar-refractivity contribution >= 4 is 17.5 Å². The number of halogens is 2. The molecule has 0 unspecified atom stereocenters. The van der Waals surface area contributed by atoms with Crippen LogP contribution >= 0.6 is 0 Å². The lowest BCUT2D eigenvalue weighted by molar-refractivity contribution is -0.136. The van der Waals surface area contributed by atoms with Crippen molar-refractivity contribution in [2.45, 2.75) is 12.8 Å². The van der Waals surface area contributed by atoms with Gasteiger partial charge in [0.05, 0.1) is 17.7 Å². The summed E-state index contributed by atoms with van der Waals surface area (Å²) in [6.07, 6.45) is -3.50. The van der Waals surface area contributed by atoms with Crippen LogP contribution in [0.2, 0.25) is 0 Å². The Morgan fingerprint density at radius 3 is 2.60 bits per heavy atom. The Hall–Kier alpha value is -1.92. The summed E-state index contributed by atoms with van der Waals surface area (Å²) < 4.78 is 25.0. The SMILES string of the molecule is Nc1cc(N)c(C(F)F)c(CC(=O)O)n1. The van der Waals surface area contributed by atoms with Gasteiger partial charge in [0.1, 0.15) is 5.82 Å². The summed E-state index contributed by atoms with van der Waals surface area (Å²) in [6.45, 7) is 0. The van der Waals surface area contributed by atoms with Gasteiger partial charge in [0.2, 0.25) is 0 Å². The lowest BCUT2D eigenvalue weighted by Crippen LogP contribution is -2.10. The van der Waals surface area contributed by atoms with E-state index in [4.69, 9.17) is 16.6 Å². The number of anilines is 2. The van der Waals surface area contributed by atoms with Crippen molar-refractivity contribution in [3.05, 3.63) is 17.3 Å². The number of nitrogen functional groups attached to an aromatic ring is 2. The number of rotatable bonds is 3. The predicted molar refractivity (Wildman–Crippen MR) is 49.4 cm³/mol. The number of alkyl halides is 2. The van der Waals surface area contributed by atoms with Crippen molar-refractivity contribution in [1.82, 2.24) is 4.98 Å². The minimum atomic E-state index is -2.87. The van der Waals surface area contributed by atoms with E-state index in [2.05, 4.69) is 4.98 Å². The van der Waals surface area contributed by atoms with E-state index in [1.54, 1.807) is 0 Å². The summed E-state index contributed by atoms with van der Waals surface area (Å²) in [4.78, 5) is 13.9. The highest BCUT2D eigenvalue weighted by Gasteiger charge is 2.20. The maximum atomic E-state index is 12.5. The van der Waals surface area contributed by atoms with Crippen LogP contribution in [0.5, 0.6) is 0 Å². The Labute approximate surface area is 83.7 Å². The number of aliphatic carboxylic acids is 1. The zero-order valence-electron chi connectivity index (χ0n) is 7.58. The van der Waals surface area contributed by atoms with Crippen LogP contribution in [0.3, 0.4) is 0 Å². The second-order valence-electron chi connectivity index (χ2n) is 2.87. The smallest absolute Gasteiger partial charge is 0.309 e. The van der Waals surface area contributed by atoms with Gasteiger partial charge in [-0.05, 0) is 0 Å². The summed E-state index contributed by atoms with van der Waals surface area (Å²) >= 11 is 0. The monoisotopic (exact) mass is 217 g/mol. The van der Waals surface area contributed by atoms with Crippen molar-refractivity contribution in [1.29, 1.82) is 0 Å². The summed E-state index contributed by atoms with van der Waals surface area (Å²) in [5, 5.41) is 8.49. The molecule has 1 aromatic rings. The van der Waals surface area contributed by atoms with E-state index < -0.39 is 24.4 Å². The maximum absolute atomic E-state index is 12.5. The van der Waals surface area contributed by atoms with Crippen LogP contribution in [-0.2, 0) is 11.2 Å². The van der Waals surface area contributed by atoms with Crippen LogP contribution < -0.4 is 11.5 Å². The Bertz CT molecular complexity index is 396. The number of carbonyl (C=O) groups is 1. The van der Waals surface area contributed by atoms with Gasteiger partial charge in [-0.15, -0.1) is 0 Å². The van der Waals surface area contributed by atoms with Crippen LogP contribution in [0.25, 0.3) is 0 Å². The lowest BCUT2D eigenvalue weighted by Gasteiger charge is -2.10. The molecule has 1 heterocycles. The normalized spacial score (nSPS) is 10.6. The third-order valence-electron chi connectivity index (χ3n) is 1.73. The van der Waals surface area contributed by atoms with Gasteiger partial charge < -0.3 is 16.6 Å². The minimum Gasteiger partial charge on any atom is -0.481 e. The van der Waals surface area contributed by atoms with Crippen molar-refractivity contribution in [2.24, 2.45) is 0 Å². The van der Waals surface area contributed by atoms with Gasteiger partial charge in [-0.25, -0.2) is 13.8 Å². The van der Waals surface area contributed by atoms with Crippen molar-refractivity contribution in [3.8, 4) is 0 Å². The Morgan fingerprint density at radius 1 is 1.53 bits per heavy atom. The lowest BCUT2D eigenvalue weighted by atomic mass is 10.1. The van der Waals surface area contributed by atoms with Gasteiger partial charge >= 0.3 is 5.97 Å². The Morgan fingerprint density at radius 2 is 2.13 bits per heavy atom. The van der Waals surface area contributed by atoms with E-state index >= 15 is 0 Å². The molecule has 82 valence electrons. The number of aromatic nitrogens is 1. The fraction of sp³-hybridized carbons (Fsp3) is 0.250. The van der Waals surface area contributed by atoms with Crippen LogP contribution in [0.15, 0.2) is 6.07 Å². The number of nitrogens with zero attached hydrogens (tertiary/aromatic N) is 1. The highest BCUT2D eigenvalue weighted by atomic mass is 19.3. The molecule has 0 fully saturated rings. The third-order valence-corrected chi connectivity index (χ3v) is 1.73. The van der Waals surface area contributed by atoms with E-state index in [0.717, 1.165) is 6.07 Å². The van der Waals surface area contributed by atoms with E-state index in [1.165, 1.54) is 0 Å². The van der Waals surface area contributed by atoms with Crippen molar-refractivity contribution < 1.29 is 18.7 Å². The number of pyridine rings is 1. The van der Waals surface area contributed by atoms with Crippen LogP contribution in [0.4, 0.5) is 20.3 Å².